The van der Waals surface area contributed by atoms with E-state index in [9.17, 15) is 23.1 Å². The van der Waals surface area contributed by atoms with Gasteiger partial charge in [-0.05, 0) is 31.4 Å². The monoisotopic (exact) mass is 611 g/mol. The van der Waals surface area contributed by atoms with E-state index in [1.54, 1.807) is 0 Å². The molecule has 234 valence electrons. The molecule has 2 N–H and O–H groups in total. The number of methoxy groups -OCH3 is 3. The summed E-state index contributed by atoms with van der Waals surface area (Å²) in [6.07, 6.45) is -5.80. The number of phenolic OH excluding ortho intramolecular Hbond substituents is 1. The van der Waals surface area contributed by atoms with Crippen molar-refractivity contribution in [2.75, 3.05) is 47.6 Å². The normalized spacial score (nSPS) is 32.0. The molecule has 0 amide bonds. The number of Topliss-reactive ketones (excluding diaryl/α,β-unsaturated/α-hetero) is 1. The maximum absolute atomic E-state index is 13.1. The number of benzene rings is 2. The summed E-state index contributed by atoms with van der Waals surface area (Å²) in [4.78, 5) is 13.1. The average Bonchev–Trinajstić information content (AvgIpc) is 3.62. The first kappa shape index (κ1) is 29.0. The van der Waals surface area contributed by atoms with E-state index in [0.29, 0.717) is 35.1 Å². The number of fused-ring (bicyclic) bond motifs is 8. The van der Waals surface area contributed by atoms with Gasteiger partial charge in [-0.1, -0.05) is 0 Å². The molecule has 5 aliphatic rings. The zero-order valence-corrected chi connectivity index (χ0v) is 24.0. The van der Waals surface area contributed by atoms with Gasteiger partial charge in [0.2, 0.25) is 11.9 Å². The number of aromatic hydroxyl groups is 1. The van der Waals surface area contributed by atoms with Gasteiger partial charge in [-0.2, -0.15) is 13.2 Å². The van der Waals surface area contributed by atoms with Gasteiger partial charge in [-0.15, -0.1) is 0 Å². The minimum absolute atomic E-state index is 0.0394. The van der Waals surface area contributed by atoms with Crippen LogP contribution in [0.5, 0.6) is 17.2 Å². The van der Waals surface area contributed by atoms with Crippen LogP contribution >= 0.6 is 0 Å². The SMILES string of the molecule is COc1c2c(c(O)c3c4c(c(C)cc13)C1OC3(C(OC)OC)OC1C(OCCNCC(F)(F)F)(O4)C31CO1)C(=O)CCC2. The largest absolute Gasteiger partial charge is 0.506 e. The lowest BCUT2D eigenvalue weighted by Gasteiger charge is -2.49. The third-order valence-electron chi connectivity index (χ3n) is 9.14. The fourth-order valence-corrected chi connectivity index (χ4v) is 7.43. The van der Waals surface area contributed by atoms with E-state index in [1.165, 1.54) is 21.3 Å². The summed E-state index contributed by atoms with van der Waals surface area (Å²) < 4.78 is 87.6. The average molecular weight is 612 g/mol. The molecular formula is C29H32F3NO10. The van der Waals surface area contributed by atoms with Crippen LogP contribution in [0.1, 0.15) is 46.0 Å². The number of alkyl halides is 3. The summed E-state index contributed by atoms with van der Waals surface area (Å²) in [5.74, 6) is -3.18. The predicted molar refractivity (Wildman–Crippen MR) is 140 cm³/mol. The van der Waals surface area contributed by atoms with Crippen molar-refractivity contribution in [1.29, 1.82) is 0 Å². The molecule has 0 radical (unpaired) electrons. The maximum atomic E-state index is 13.1. The van der Waals surface area contributed by atoms with E-state index in [0.717, 1.165) is 5.56 Å². The van der Waals surface area contributed by atoms with Gasteiger partial charge in [-0.25, -0.2) is 0 Å². The molecule has 3 fully saturated rings. The van der Waals surface area contributed by atoms with Crippen LogP contribution in [0.15, 0.2) is 6.07 Å². The molecule has 0 saturated carbocycles. The van der Waals surface area contributed by atoms with Gasteiger partial charge < -0.3 is 48.3 Å². The zero-order chi connectivity index (χ0) is 30.5. The van der Waals surface area contributed by atoms with E-state index < -0.39 is 48.4 Å². The van der Waals surface area contributed by atoms with Gasteiger partial charge in [0.05, 0.1) is 37.8 Å². The number of rotatable bonds is 9. The van der Waals surface area contributed by atoms with Crippen LogP contribution in [0.2, 0.25) is 0 Å². The molecule has 3 saturated heterocycles. The molecular weight excluding hydrogens is 579 g/mol. The van der Waals surface area contributed by atoms with Crippen LogP contribution in [0.4, 0.5) is 13.2 Å². The molecule has 43 heavy (non-hydrogen) atoms. The Morgan fingerprint density at radius 3 is 2.58 bits per heavy atom. The molecule has 2 aromatic rings. The van der Waals surface area contributed by atoms with Gasteiger partial charge in [0.15, 0.2) is 11.9 Å². The fraction of sp³-hybridized carbons (Fsp3) is 0.621. The van der Waals surface area contributed by atoms with Crippen LogP contribution in [0.3, 0.4) is 0 Å². The standard InChI is InChI=1S/C29H32F3NO10/c1-13-10-15-19(20(35)18-14(21(15)36-2)6-5-7-16(18)34)22-17(13)23-24-28(41-22,39-9-8-33-11-27(30,31)32)26(12-40-26)29(42-23,43-24)25(37-3)38-4/h10,23-25,33,35H,5-9,11-12H2,1-4H3. The number of phenols is 1. The molecule has 7 rings (SSSR count). The topological polar surface area (TPSA) is 126 Å². The molecule has 2 aromatic carbocycles. The van der Waals surface area contributed by atoms with Crippen LogP contribution < -0.4 is 14.8 Å². The number of aryl methyl sites for hydroxylation is 1. The van der Waals surface area contributed by atoms with E-state index in [4.69, 9.17) is 37.9 Å². The first-order chi connectivity index (χ1) is 20.5. The third kappa shape index (κ3) is 3.71. The summed E-state index contributed by atoms with van der Waals surface area (Å²) >= 11 is 0. The summed E-state index contributed by atoms with van der Waals surface area (Å²) in [5, 5.41) is 14.8. The lowest BCUT2D eigenvalue weighted by atomic mass is 9.78. The summed E-state index contributed by atoms with van der Waals surface area (Å²) in [6, 6.07) is 1.85. The number of carbonyl (C=O) groups excluding carboxylic acids is 1. The second-order valence-electron chi connectivity index (χ2n) is 11.4. The van der Waals surface area contributed by atoms with E-state index >= 15 is 0 Å². The quantitative estimate of drug-likeness (QED) is 0.247. The van der Waals surface area contributed by atoms with Crippen molar-refractivity contribution >= 4 is 16.6 Å². The van der Waals surface area contributed by atoms with E-state index in [1.807, 2.05) is 13.0 Å². The summed E-state index contributed by atoms with van der Waals surface area (Å²) in [5.41, 5.74) is 0.666. The van der Waals surface area contributed by atoms with Gasteiger partial charge >= 0.3 is 6.18 Å². The van der Waals surface area contributed by atoms with Gasteiger partial charge in [0.1, 0.15) is 23.4 Å². The first-order valence-electron chi connectivity index (χ1n) is 14.1. The number of halogens is 3. The highest BCUT2D eigenvalue weighted by Gasteiger charge is 2.93. The van der Waals surface area contributed by atoms with Crippen LogP contribution in [-0.2, 0) is 34.8 Å². The van der Waals surface area contributed by atoms with E-state index in [-0.39, 0.29) is 54.4 Å². The van der Waals surface area contributed by atoms with Crippen molar-refractivity contribution < 1.29 is 61.0 Å². The molecule has 2 bridgehead atoms. The Morgan fingerprint density at radius 2 is 1.93 bits per heavy atom. The molecule has 4 aliphatic heterocycles. The number of hydrogen-bond donors (Lipinski definition) is 2. The Morgan fingerprint density at radius 1 is 1.19 bits per heavy atom. The van der Waals surface area contributed by atoms with Crippen molar-refractivity contribution in [3.63, 3.8) is 0 Å². The number of hydrogen-bond acceptors (Lipinski definition) is 11. The van der Waals surface area contributed by atoms with Crippen LogP contribution in [0.25, 0.3) is 10.8 Å². The Kier molecular flexibility index (Phi) is 6.50. The molecule has 5 atom stereocenters. The second-order valence-corrected chi connectivity index (χ2v) is 11.4. The van der Waals surface area contributed by atoms with Crippen molar-refractivity contribution in [2.45, 2.75) is 68.0 Å². The minimum atomic E-state index is -4.40. The van der Waals surface area contributed by atoms with Crippen LogP contribution in [-0.4, -0.2) is 94.3 Å². The molecule has 1 aliphatic carbocycles. The number of epoxide rings is 1. The highest BCUT2D eigenvalue weighted by Crippen LogP contribution is 2.72. The lowest BCUT2D eigenvalue weighted by molar-refractivity contribution is -0.350. The van der Waals surface area contributed by atoms with Crippen molar-refractivity contribution in [3.05, 3.63) is 28.3 Å². The molecule has 11 nitrogen and oxygen atoms in total. The lowest BCUT2D eigenvalue weighted by Crippen LogP contribution is -2.70. The fourth-order valence-electron chi connectivity index (χ4n) is 7.43. The molecule has 0 aromatic heterocycles. The van der Waals surface area contributed by atoms with Gasteiger partial charge in [-0.3, -0.25) is 4.79 Å². The number of ether oxygens (including phenoxy) is 8. The number of carbonyl (C=O) groups is 1. The molecule has 14 heteroatoms. The zero-order valence-electron chi connectivity index (χ0n) is 24.0. The van der Waals surface area contributed by atoms with Gasteiger partial charge in [0.25, 0.3) is 11.6 Å². The van der Waals surface area contributed by atoms with Crippen molar-refractivity contribution in [2.24, 2.45) is 0 Å². The third-order valence-corrected chi connectivity index (χ3v) is 9.14. The highest BCUT2D eigenvalue weighted by atomic mass is 19.4. The minimum Gasteiger partial charge on any atom is -0.506 e. The second kappa shape index (κ2) is 9.64. The maximum Gasteiger partial charge on any atom is 0.401 e. The molecule has 5 unspecified atom stereocenters. The van der Waals surface area contributed by atoms with Crippen molar-refractivity contribution in [3.8, 4) is 17.2 Å². The Hall–Kier alpha value is -2.72. The van der Waals surface area contributed by atoms with Crippen LogP contribution in [0, 0.1) is 6.92 Å². The van der Waals surface area contributed by atoms with Gasteiger partial charge in [0, 0.05) is 43.7 Å². The molecule has 4 heterocycles. The summed E-state index contributed by atoms with van der Waals surface area (Å²) in [6.45, 7) is 0.324. The Labute approximate surface area is 244 Å². The first-order valence-corrected chi connectivity index (χ1v) is 14.1. The Balaban J connectivity index is 1.41. The Bertz CT molecular complexity index is 1510. The number of ketones is 1. The highest BCUT2D eigenvalue weighted by molar-refractivity contribution is 6.11. The smallest absolute Gasteiger partial charge is 0.401 e. The predicted octanol–water partition coefficient (Wildman–Crippen LogP) is 3.19. The molecule has 1 spiro atoms. The van der Waals surface area contributed by atoms with E-state index in [2.05, 4.69) is 5.32 Å². The van der Waals surface area contributed by atoms with Crippen molar-refractivity contribution in [1.82, 2.24) is 5.32 Å². The summed E-state index contributed by atoms with van der Waals surface area (Å²) in [7, 11) is 4.34. The number of nitrogens with one attached hydrogen (secondary N) is 1.